The van der Waals surface area contributed by atoms with Crippen LogP contribution in [0.1, 0.15) is 60.9 Å². The third-order valence-corrected chi connectivity index (χ3v) is 5.29. The van der Waals surface area contributed by atoms with Crippen LogP contribution in [-0.2, 0) is 4.74 Å². The summed E-state index contributed by atoms with van der Waals surface area (Å²) in [7, 11) is 0. The number of nitrogens with zero attached hydrogens (tertiary/aromatic N) is 3. The Morgan fingerprint density at radius 3 is 2.79 bits per heavy atom. The number of hydrogen-bond acceptors (Lipinski definition) is 5. The number of rotatable bonds is 4. The third-order valence-electron chi connectivity index (χ3n) is 5.29. The van der Waals surface area contributed by atoms with Gasteiger partial charge in [-0.05, 0) is 32.1 Å². The lowest BCUT2D eigenvalue weighted by Crippen LogP contribution is -2.19. The predicted octanol–water partition coefficient (Wildman–Crippen LogP) is 2.29. The van der Waals surface area contributed by atoms with Crippen LogP contribution in [0, 0.1) is 12.8 Å². The average molecular weight is 329 g/mol. The summed E-state index contributed by atoms with van der Waals surface area (Å²) in [6, 6.07) is 0. The highest BCUT2D eigenvalue weighted by molar-refractivity contribution is 6.08. The van der Waals surface area contributed by atoms with Gasteiger partial charge in [-0.2, -0.15) is 0 Å². The van der Waals surface area contributed by atoms with Gasteiger partial charge in [-0.25, -0.2) is 9.97 Å². The normalized spacial score (nSPS) is 24.4. The molecule has 2 fully saturated rings. The second kappa shape index (κ2) is 5.73. The van der Waals surface area contributed by atoms with Crippen molar-refractivity contribution in [2.75, 3.05) is 5.73 Å². The summed E-state index contributed by atoms with van der Waals surface area (Å²) in [6.45, 7) is 1.78. The fraction of sp³-hybridized carbons (Fsp3) is 0.588. The average Bonchev–Trinajstić information content (AvgIpc) is 3.06. The molecule has 7 nitrogen and oxygen atoms in total. The molecule has 1 aliphatic carbocycles. The number of amides is 1. The van der Waals surface area contributed by atoms with E-state index in [-0.39, 0.29) is 18.1 Å². The van der Waals surface area contributed by atoms with Crippen LogP contribution in [0.25, 0.3) is 11.0 Å². The van der Waals surface area contributed by atoms with E-state index in [9.17, 15) is 4.79 Å². The van der Waals surface area contributed by atoms with E-state index in [0.29, 0.717) is 22.4 Å². The molecule has 2 unspecified atom stereocenters. The van der Waals surface area contributed by atoms with E-state index in [0.717, 1.165) is 25.2 Å². The number of carbonyl (C=O) groups excluding carboxylic acids is 1. The van der Waals surface area contributed by atoms with Crippen LogP contribution in [0.3, 0.4) is 0 Å². The van der Waals surface area contributed by atoms with Gasteiger partial charge in [0.25, 0.3) is 5.91 Å². The lowest BCUT2D eigenvalue weighted by molar-refractivity contribution is -0.0117. The molecule has 1 aliphatic heterocycles. The van der Waals surface area contributed by atoms with E-state index < -0.39 is 5.91 Å². The zero-order chi connectivity index (χ0) is 16.8. The Kier molecular flexibility index (Phi) is 3.68. The number of ether oxygens (including phenoxy) is 1. The van der Waals surface area contributed by atoms with Gasteiger partial charge in [0.2, 0.25) is 0 Å². The maximum atomic E-state index is 11.8. The van der Waals surface area contributed by atoms with E-state index in [1.807, 2.05) is 4.57 Å². The molecule has 0 bridgehead atoms. The van der Waals surface area contributed by atoms with Crippen LogP contribution < -0.4 is 11.5 Å². The van der Waals surface area contributed by atoms with Crippen molar-refractivity contribution in [1.29, 1.82) is 0 Å². The maximum Gasteiger partial charge on any atom is 0.251 e. The first-order chi connectivity index (χ1) is 11.5. The number of nitrogen functional groups attached to an aromatic ring is 1. The van der Waals surface area contributed by atoms with E-state index in [1.54, 1.807) is 13.1 Å². The molecule has 24 heavy (non-hydrogen) atoms. The second-order valence-corrected chi connectivity index (χ2v) is 6.99. The molecule has 2 aliphatic rings. The highest BCUT2D eigenvalue weighted by Crippen LogP contribution is 2.39. The van der Waals surface area contributed by atoms with Crippen LogP contribution in [0.5, 0.6) is 0 Å². The summed E-state index contributed by atoms with van der Waals surface area (Å²) < 4.78 is 8.15. The van der Waals surface area contributed by atoms with Crippen molar-refractivity contribution in [1.82, 2.24) is 14.5 Å². The Morgan fingerprint density at radius 1 is 1.33 bits per heavy atom. The zero-order valence-electron chi connectivity index (χ0n) is 13.9. The number of aryl methyl sites for hydroxylation is 1. The molecule has 0 aromatic carbocycles. The van der Waals surface area contributed by atoms with Gasteiger partial charge in [0.15, 0.2) is 0 Å². The molecule has 3 heterocycles. The van der Waals surface area contributed by atoms with Crippen molar-refractivity contribution in [3.63, 3.8) is 0 Å². The summed E-state index contributed by atoms with van der Waals surface area (Å²) in [5.41, 5.74) is 12.5. The Balaban J connectivity index is 1.67. The Labute approximate surface area is 140 Å². The van der Waals surface area contributed by atoms with E-state index in [4.69, 9.17) is 16.2 Å². The van der Waals surface area contributed by atoms with Gasteiger partial charge in [0.1, 0.15) is 23.5 Å². The lowest BCUT2D eigenvalue weighted by Gasteiger charge is -2.28. The summed E-state index contributed by atoms with van der Waals surface area (Å²) in [5, 5.41) is 0.527. The fourth-order valence-electron chi connectivity index (χ4n) is 3.86. The van der Waals surface area contributed by atoms with Gasteiger partial charge in [-0.3, -0.25) is 4.79 Å². The Bertz CT molecular complexity index is 796. The molecular weight excluding hydrogens is 306 g/mol. The van der Waals surface area contributed by atoms with Gasteiger partial charge in [-0.15, -0.1) is 0 Å². The van der Waals surface area contributed by atoms with Gasteiger partial charge >= 0.3 is 0 Å². The molecule has 4 N–H and O–H groups in total. The molecule has 128 valence electrons. The number of aromatic nitrogens is 3. The minimum absolute atomic E-state index is 0.126. The molecule has 2 atom stereocenters. The van der Waals surface area contributed by atoms with Crippen LogP contribution in [-0.4, -0.2) is 26.5 Å². The second-order valence-electron chi connectivity index (χ2n) is 6.99. The van der Waals surface area contributed by atoms with Gasteiger partial charge in [0, 0.05) is 6.20 Å². The van der Waals surface area contributed by atoms with Crippen molar-refractivity contribution in [3.8, 4) is 0 Å². The standard InChI is InChI=1S/C17H23N5O2/c1-9-20-15(18)14-12(16(19)23)8-22(17(14)21-9)13-6-5-11(24-13)7-10-3-2-4-10/h8,10-11,13H,2-7H2,1H3,(H2,19,23)(H2,18,20,21). The first kappa shape index (κ1) is 15.4. The highest BCUT2D eigenvalue weighted by Gasteiger charge is 2.32. The monoisotopic (exact) mass is 329 g/mol. The quantitative estimate of drug-likeness (QED) is 0.894. The first-order valence-electron chi connectivity index (χ1n) is 8.63. The number of anilines is 1. The smallest absolute Gasteiger partial charge is 0.251 e. The summed E-state index contributed by atoms with van der Waals surface area (Å²) in [6.07, 6.45) is 8.95. The van der Waals surface area contributed by atoms with E-state index >= 15 is 0 Å². The largest absolute Gasteiger partial charge is 0.383 e. The molecule has 2 aromatic heterocycles. The molecule has 0 spiro atoms. The molecule has 2 aromatic rings. The minimum atomic E-state index is -0.526. The zero-order valence-corrected chi connectivity index (χ0v) is 13.9. The lowest BCUT2D eigenvalue weighted by atomic mass is 9.81. The molecule has 1 amide bonds. The Hall–Kier alpha value is -2.15. The highest BCUT2D eigenvalue weighted by atomic mass is 16.5. The van der Waals surface area contributed by atoms with Crippen molar-refractivity contribution >= 4 is 22.8 Å². The third kappa shape index (κ3) is 2.53. The predicted molar refractivity (Wildman–Crippen MR) is 90.3 cm³/mol. The molecule has 4 rings (SSSR count). The van der Waals surface area contributed by atoms with Crippen molar-refractivity contribution in [2.24, 2.45) is 11.7 Å². The number of primary amides is 1. The summed E-state index contributed by atoms with van der Waals surface area (Å²) >= 11 is 0. The van der Waals surface area contributed by atoms with Crippen LogP contribution in [0.4, 0.5) is 5.82 Å². The molecule has 1 saturated heterocycles. The van der Waals surface area contributed by atoms with Crippen LogP contribution >= 0.6 is 0 Å². The molecule has 1 saturated carbocycles. The number of carbonyl (C=O) groups is 1. The number of fused-ring (bicyclic) bond motifs is 1. The van der Waals surface area contributed by atoms with Crippen molar-refractivity contribution in [2.45, 2.75) is 57.8 Å². The van der Waals surface area contributed by atoms with E-state index in [1.165, 1.54) is 19.3 Å². The van der Waals surface area contributed by atoms with E-state index in [2.05, 4.69) is 9.97 Å². The van der Waals surface area contributed by atoms with Gasteiger partial charge < -0.3 is 20.8 Å². The number of hydrogen-bond donors (Lipinski definition) is 2. The van der Waals surface area contributed by atoms with Crippen molar-refractivity contribution < 1.29 is 9.53 Å². The fourth-order valence-corrected chi connectivity index (χ4v) is 3.86. The van der Waals surface area contributed by atoms with Crippen LogP contribution in [0.2, 0.25) is 0 Å². The summed E-state index contributed by atoms with van der Waals surface area (Å²) in [4.78, 5) is 20.4. The van der Waals surface area contributed by atoms with Crippen LogP contribution in [0.15, 0.2) is 6.20 Å². The SMILES string of the molecule is Cc1nc(N)c2c(C(N)=O)cn(C3CCC(CC4CCC4)O3)c2n1. The topological polar surface area (TPSA) is 109 Å². The summed E-state index contributed by atoms with van der Waals surface area (Å²) in [5.74, 6) is 1.15. The van der Waals surface area contributed by atoms with Crippen molar-refractivity contribution in [3.05, 3.63) is 17.6 Å². The Morgan fingerprint density at radius 2 is 2.12 bits per heavy atom. The molecule has 0 radical (unpaired) electrons. The maximum absolute atomic E-state index is 11.8. The molecule has 7 heteroatoms. The van der Waals surface area contributed by atoms with Gasteiger partial charge in [0.05, 0.1) is 17.1 Å². The first-order valence-corrected chi connectivity index (χ1v) is 8.63. The molecular formula is C17H23N5O2. The number of nitrogens with two attached hydrogens (primary N) is 2. The van der Waals surface area contributed by atoms with Gasteiger partial charge in [-0.1, -0.05) is 19.3 Å². The minimum Gasteiger partial charge on any atom is -0.383 e.